The van der Waals surface area contributed by atoms with E-state index in [1.54, 1.807) is 0 Å². The molecular weight excluding hydrogens is 152 g/mol. The van der Waals surface area contributed by atoms with E-state index in [9.17, 15) is 9.90 Å². The Balaban J connectivity index is 2.59. The Kier molecular flexibility index (Phi) is 2.89. The molecule has 1 N–H and O–H groups in total. The summed E-state index contributed by atoms with van der Waals surface area (Å²) in [5.74, 6) is 0.545. The molecule has 1 fully saturated rings. The Hall–Kier alpha value is -0.370. The van der Waals surface area contributed by atoms with Crippen LogP contribution in [0.5, 0.6) is 0 Å². The molecule has 0 aromatic carbocycles. The Morgan fingerprint density at radius 1 is 1.42 bits per heavy atom. The summed E-state index contributed by atoms with van der Waals surface area (Å²) in [6, 6.07) is 0. The van der Waals surface area contributed by atoms with E-state index < -0.39 is 6.10 Å². The Labute approximate surface area is 74.0 Å². The van der Waals surface area contributed by atoms with E-state index in [0.29, 0.717) is 0 Å². The fourth-order valence-corrected chi connectivity index (χ4v) is 1.88. The van der Waals surface area contributed by atoms with Gasteiger partial charge in [0.15, 0.2) is 0 Å². The van der Waals surface area contributed by atoms with Crippen LogP contribution in [0.3, 0.4) is 0 Å². The van der Waals surface area contributed by atoms with Crippen LogP contribution in [0.1, 0.15) is 33.6 Å². The van der Waals surface area contributed by atoms with Crippen LogP contribution in [-0.2, 0) is 4.79 Å². The molecule has 0 radical (unpaired) electrons. The molecule has 3 unspecified atom stereocenters. The number of Topliss-reactive ketones (excluding diaryl/α,β-unsaturated/α-hetero) is 1. The average Bonchev–Trinajstić information content (AvgIpc) is 2.32. The van der Waals surface area contributed by atoms with Crippen LogP contribution >= 0.6 is 0 Å². The Morgan fingerprint density at radius 3 is 2.33 bits per heavy atom. The Bertz CT molecular complexity index is 175. The first kappa shape index (κ1) is 9.72. The van der Waals surface area contributed by atoms with Crippen molar-refractivity contribution in [1.82, 2.24) is 0 Å². The number of aliphatic hydroxyl groups excluding tert-OH is 1. The summed E-state index contributed by atoms with van der Waals surface area (Å²) in [5, 5.41) is 9.69. The molecule has 1 rings (SSSR count). The minimum Gasteiger partial charge on any atom is -0.392 e. The van der Waals surface area contributed by atoms with Gasteiger partial charge in [-0.1, -0.05) is 20.8 Å². The van der Waals surface area contributed by atoms with Crippen molar-refractivity contribution in [3.05, 3.63) is 0 Å². The van der Waals surface area contributed by atoms with E-state index in [1.807, 2.05) is 20.8 Å². The minimum absolute atomic E-state index is 0.0833. The third-order valence-electron chi connectivity index (χ3n) is 2.86. The third-order valence-corrected chi connectivity index (χ3v) is 2.86. The largest absolute Gasteiger partial charge is 0.392 e. The van der Waals surface area contributed by atoms with Gasteiger partial charge in [-0.15, -0.1) is 0 Å². The van der Waals surface area contributed by atoms with Crippen LogP contribution in [0.4, 0.5) is 0 Å². The molecule has 12 heavy (non-hydrogen) atoms. The molecule has 1 saturated carbocycles. The van der Waals surface area contributed by atoms with Gasteiger partial charge < -0.3 is 5.11 Å². The molecule has 0 aliphatic heterocycles. The number of ketones is 1. The zero-order valence-corrected chi connectivity index (χ0v) is 8.08. The topological polar surface area (TPSA) is 37.3 Å². The number of rotatable bonds is 2. The highest BCUT2D eigenvalue weighted by Crippen LogP contribution is 2.31. The second kappa shape index (κ2) is 3.56. The predicted octanol–water partition coefficient (Wildman–Crippen LogP) is 1.62. The average molecular weight is 170 g/mol. The normalized spacial score (nSPS) is 32.9. The van der Waals surface area contributed by atoms with Crippen molar-refractivity contribution in [2.75, 3.05) is 0 Å². The fourth-order valence-electron chi connectivity index (χ4n) is 1.88. The predicted molar refractivity (Wildman–Crippen MR) is 47.7 cm³/mol. The van der Waals surface area contributed by atoms with Gasteiger partial charge in [-0.05, 0) is 18.8 Å². The summed E-state index contributed by atoms with van der Waals surface area (Å²) in [4.78, 5) is 11.5. The van der Waals surface area contributed by atoms with Crippen LogP contribution in [0.15, 0.2) is 0 Å². The van der Waals surface area contributed by atoms with Crippen molar-refractivity contribution >= 4 is 5.78 Å². The Morgan fingerprint density at radius 2 is 2.00 bits per heavy atom. The third kappa shape index (κ3) is 1.69. The number of hydrogen-bond acceptors (Lipinski definition) is 2. The van der Waals surface area contributed by atoms with Crippen LogP contribution in [0.2, 0.25) is 0 Å². The molecule has 3 atom stereocenters. The van der Waals surface area contributed by atoms with Crippen molar-refractivity contribution in [2.24, 2.45) is 17.8 Å². The summed E-state index contributed by atoms with van der Waals surface area (Å²) in [5.41, 5.74) is 0. The molecule has 0 saturated heterocycles. The molecule has 0 bridgehead atoms. The van der Waals surface area contributed by atoms with Gasteiger partial charge >= 0.3 is 0 Å². The maximum Gasteiger partial charge on any atom is 0.141 e. The standard InChI is InChI=1S/C10H18O2/c1-6(2)9(11)8-5-4-7(3)10(8)12/h6-9,11H,4-5H2,1-3H3. The molecule has 0 spiro atoms. The zero-order valence-electron chi connectivity index (χ0n) is 8.08. The van der Waals surface area contributed by atoms with E-state index >= 15 is 0 Å². The van der Waals surface area contributed by atoms with Gasteiger partial charge in [-0.2, -0.15) is 0 Å². The van der Waals surface area contributed by atoms with Gasteiger partial charge in [0.1, 0.15) is 5.78 Å². The quantitative estimate of drug-likeness (QED) is 0.683. The minimum atomic E-state index is -0.428. The molecule has 2 heteroatoms. The molecule has 1 aliphatic rings. The van der Waals surface area contributed by atoms with Crippen LogP contribution in [-0.4, -0.2) is 17.0 Å². The lowest BCUT2D eigenvalue weighted by atomic mass is 9.90. The van der Waals surface area contributed by atoms with Gasteiger partial charge in [0.05, 0.1) is 6.10 Å². The van der Waals surface area contributed by atoms with E-state index in [1.165, 1.54) is 0 Å². The molecule has 0 aromatic rings. The molecule has 1 aliphatic carbocycles. The lowest BCUT2D eigenvalue weighted by Crippen LogP contribution is -2.30. The second-order valence-electron chi connectivity index (χ2n) is 4.22. The van der Waals surface area contributed by atoms with Crippen LogP contribution in [0.25, 0.3) is 0 Å². The van der Waals surface area contributed by atoms with Crippen molar-refractivity contribution in [3.63, 3.8) is 0 Å². The highest BCUT2D eigenvalue weighted by atomic mass is 16.3. The monoisotopic (exact) mass is 170 g/mol. The van der Waals surface area contributed by atoms with Crippen LogP contribution in [0, 0.1) is 17.8 Å². The van der Waals surface area contributed by atoms with Crippen LogP contribution < -0.4 is 0 Å². The van der Waals surface area contributed by atoms with Crippen molar-refractivity contribution < 1.29 is 9.90 Å². The lowest BCUT2D eigenvalue weighted by Gasteiger charge is -2.20. The van der Waals surface area contributed by atoms with Crippen molar-refractivity contribution in [3.8, 4) is 0 Å². The highest BCUT2D eigenvalue weighted by molar-refractivity contribution is 5.85. The maximum absolute atomic E-state index is 11.5. The van der Waals surface area contributed by atoms with E-state index in [4.69, 9.17) is 0 Å². The summed E-state index contributed by atoms with van der Waals surface area (Å²) in [6.45, 7) is 5.87. The molecule has 2 nitrogen and oxygen atoms in total. The van der Waals surface area contributed by atoms with Crippen molar-refractivity contribution in [2.45, 2.75) is 39.7 Å². The van der Waals surface area contributed by atoms with Gasteiger partial charge in [0, 0.05) is 11.8 Å². The number of carbonyl (C=O) groups is 1. The summed E-state index contributed by atoms with van der Waals surface area (Å²) in [7, 11) is 0. The van der Waals surface area contributed by atoms with E-state index in [0.717, 1.165) is 12.8 Å². The first-order chi connectivity index (χ1) is 5.54. The van der Waals surface area contributed by atoms with Crippen molar-refractivity contribution in [1.29, 1.82) is 0 Å². The highest BCUT2D eigenvalue weighted by Gasteiger charge is 2.36. The second-order valence-corrected chi connectivity index (χ2v) is 4.22. The molecule has 0 heterocycles. The molecule has 70 valence electrons. The fraction of sp³-hybridized carbons (Fsp3) is 0.900. The molecule has 0 amide bonds. The smallest absolute Gasteiger partial charge is 0.141 e. The van der Waals surface area contributed by atoms with Gasteiger partial charge in [0.25, 0.3) is 0 Å². The van der Waals surface area contributed by atoms with Gasteiger partial charge in [0.2, 0.25) is 0 Å². The summed E-state index contributed by atoms with van der Waals surface area (Å²) in [6.07, 6.45) is 1.40. The first-order valence-electron chi connectivity index (χ1n) is 4.75. The zero-order chi connectivity index (χ0) is 9.30. The molecule has 0 aromatic heterocycles. The van der Waals surface area contributed by atoms with E-state index in [2.05, 4.69) is 0 Å². The van der Waals surface area contributed by atoms with Gasteiger partial charge in [-0.25, -0.2) is 0 Å². The summed E-state index contributed by atoms with van der Waals surface area (Å²) >= 11 is 0. The lowest BCUT2D eigenvalue weighted by molar-refractivity contribution is -0.127. The number of hydrogen-bond donors (Lipinski definition) is 1. The maximum atomic E-state index is 11.5. The van der Waals surface area contributed by atoms with Gasteiger partial charge in [-0.3, -0.25) is 4.79 Å². The molecular formula is C10H18O2. The number of aliphatic hydroxyl groups is 1. The van der Waals surface area contributed by atoms with E-state index in [-0.39, 0.29) is 23.5 Å². The first-order valence-corrected chi connectivity index (χ1v) is 4.75. The SMILES string of the molecule is CC1CCC(C(O)C(C)C)C1=O. The summed E-state index contributed by atoms with van der Waals surface area (Å²) < 4.78 is 0. The number of carbonyl (C=O) groups excluding carboxylic acids is 1.